The maximum Gasteiger partial charge on any atom is 0.338 e. The normalized spacial score (nSPS) is 14.8. The molecule has 0 spiro atoms. The molecular formula is C39H49F2N7O6S. The van der Waals surface area contributed by atoms with E-state index in [0.717, 1.165) is 48.3 Å². The van der Waals surface area contributed by atoms with Crippen molar-refractivity contribution in [2.45, 2.75) is 75.7 Å². The second-order valence-electron chi connectivity index (χ2n) is 12.6. The SMILES string of the molecule is CCCC(N)(SC1NN(c2cc(F)cc(F)c2)NN1c1ccccc1)C(=O)OCNCc1cccc(CC)c1.O=C(O)CCCCCNC(=O)c1ccco1. The Morgan fingerprint density at radius 2 is 1.69 bits per heavy atom. The molecule has 0 radical (unpaired) electrons. The van der Waals surface area contributed by atoms with Crippen LogP contribution >= 0.6 is 11.8 Å². The van der Waals surface area contributed by atoms with E-state index in [1.807, 2.05) is 49.4 Å². The van der Waals surface area contributed by atoms with Crippen molar-refractivity contribution in [2.75, 3.05) is 23.4 Å². The molecule has 296 valence electrons. The fourth-order valence-electron chi connectivity index (χ4n) is 5.47. The second kappa shape index (κ2) is 21.8. The lowest BCUT2D eigenvalue weighted by atomic mass is 10.1. The van der Waals surface area contributed by atoms with E-state index in [2.05, 4.69) is 40.7 Å². The summed E-state index contributed by atoms with van der Waals surface area (Å²) in [5.74, 6) is -2.71. The van der Waals surface area contributed by atoms with Crippen LogP contribution in [-0.2, 0) is 27.3 Å². The maximum atomic E-state index is 13.9. The first-order valence-corrected chi connectivity index (χ1v) is 19.0. The number of hydrogen-bond acceptors (Lipinski definition) is 12. The predicted octanol–water partition coefficient (Wildman–Crippen LogP) is 6.19. The lowest BCUT2D eigenvalue weighted by Crippen LogP contribution is -2.51. The summed E-state index contributed by atoms with van der Waals surface area (Å²) >= 11 is 1.16. The van der Waals surface area contributed by atoms with Crippen molar-refractivity contribution in [3.8, 4) is 0 Å². The Bertz CT molecular complexity index is 1790. The number of halogens is 2. The number of carboxylic acids is 1. The summed E-state index contributed by atoms with van der Waals surface area (Å²) in [6.45, 7) is 5.13. The summed E-state index contributed by atoms with van der Waals surface area (Å²) < 4.78 is 38.4. The molecule has 13 nitrogen and oxygen atoms in total. The molecule has 16 heteroatoms. The highest BCUT2D eigenvalue weighted by Crippen LogP contribution is 2.35. The van der Waals surface area contributed by atoms with Crippen molar-refractivity contribution < 1.29 is 37.4 Å². The number of para-hydroxylation sites is 1. The molecule has 1 aromatic heterocycles. The molecule has 1 fully saturated rings. The van der Waals surface area contributed by atoms with Gasteiger partial charge in [-0.1, -0.05) is 80.9 Å². The lowest BCUT2D eigenvalue weighted by Gasteiger charge is -2.32. The number of hydrazine groups is 3. The molecule has 5 rings (SSSR count). The van der Waals surface area contributed by atoms with Crippen LogP contribution in [0.2, 0.25) is 0 Å². The minimum atomic E-state index is -1.39. The van der Waals surface area contributed by atoms with E-state index < -0.39 is 33.9 Å². The first-order chi connectivity index (χ1) is 26.5. The third kappa shape index (κ3) is 13.7. The average molecular weight is 782 g/mol. The third-order valence-electron chi connectivity index (χ3n) is 8.24. The number of nitrogens with one attached hydrogen (secondary N) is 4. The van der Waals surface area contributed by atoms with Crippen molar-refractivity contribution in [2.24, 2.45) is 5.73 Å². The molecule has 7 N–H and O–H groups in total. The van der Waals surface area contributed by atoms with Gasteiger partial charge in [0.15, 0.2) is 16.1 Å². The fraction of sp³-hybridized carbons (Fsp3) is 0.359. The minimum Gasteiger partial charge on any atom is -0.481 e. The highest BCUT2D eigenvalue weighted by molar-refractivity contribution is 8.02. The molecule has 0 saturated carbocycles. The zero-order chi connectivity index (χ0) is 39.6. The molecule has 4 aromatic rings. The fourth-order valence-corrected chi connectivity index (χ4v) is 6.77. The number of aliphatic carboxylic acids is 1. The number of aryl methyl sites for hydroxylation is 1. The number of unbranched alkanes of at least 4 members (excludes halogenated alkanes) is 2. The van der Waals surface area contributed by atoms with E-state index >= 15 is 0 Å². The molecule has 1 saturated heterocycles. The smallest absolute Gasteiger partial charge is 0.338 e. The largest absolute Gasteiger partial charge is 0.481 e. The number of hydrogen-bond donors (Lipinski definition) is 6. The van der Waals surface area contributed by atoms with E-state index in [4.69, 9.17) is 20.0 Å². The maximum absolute atomic E-state index is 13.9. The molecule has 2 unspecified atom stereocenters. The number of ether oxygens (including phenoxy) is 1. The number of carbonyl (C=O) groups excluding carboxylic acids is 2. The number of esters is 1. The number of carbonyl (C=O) groups is 3. The van der Waals surface area contributed by atoms with Crippen molar-refractivity contribution in [1.29, 1.82) is 0 Å². The van der Waals surface area contributed by atoms with Gasteiger partial charge in [0.05, 0.1) is 17.6 Å². The van der Waals surface area contributed by atoms with Crippen molar-refractivity contribution >= 4 is 41.0 Å². The van der Waals surface area contributed by atoms with Crippen LogP contribution in [0.15, 0.2) is 95.6 Å². The van der Waals surface area contributed by atoms with E-state index in [-0.39, 0.29) is 24.7 Å². The topological polar surface area (TPSA) is 174 Å². The summed E-state index contributed by atoms with van der Waals surface area (Å²) in [7, 11) is 0. The first-order valence-electron chi connectivity index (χ1n) is 18.1. The Kier molecular flexibility index (Phi) is 16.9. The highest BCUT2D eigenvalue weighted by Gasteiger charge is 2.43. The van der Waals surface area contributed by atoms with Gasteiger partial charge in [-0.2, -0.15) is 5.43 Å². The molecule has 2 atom stereocenters. The Labute approximate surface area is 323 Å². The molecule has 3 aromatic carbocycles. The number of amides is 1. The molecule has 1 amide bonds. The Hall–Kier alpha value is -5.00. The molecule has 2 heterocycles. The molecule has 1 aliphatic rings. The van der Waals surface area contributed by atoms with Gasteiger partial charge < -0.3 is 25.3 Å². The van der Waals surface area contributed by atoms with Crippen LogP contribution in [0.25, 0.3) is 0 Å². The molecular weight excluding hydrogens is 733 g/mol. The number of rotatable bonds is 19. The summed E-state index contributed by atoms with van der Waals surface area (Å²) in [6.07, 6.45) is 5.79. The summed E-state index contributed by atoms with van der Waals surface area (Å²) in [6, 6.07) is 24.0. The minimum absolute atomic E-state index is 0.00580. The molecule has 0 bridgehead atoms. The van der Waals surface area contributed by atoms with Crippen LogP contribution in [0, 0.1) is 11.6 Å². The van der Waals surface area contributed by atoms with Gasteiger partial charge in [0, 0.05) is 37.7 Å². The number of benzene rings is 3. The zero-order valence-electron chi connectivity index (χ0n) is 30.9. The van der Waals surface area contributed by atoms with Crippen molar-refractivity contribution in [3.05, 3.63) is 120 Å². The van der Waals surface area contributed by atoms with Gasteiger partial charge in [-0.05, 0) is 61.1 Å². The Balaban J connectivity index is 0.000000352. The van der Waals surface area contributed by atoms with Crippen LogP contribution in [0.1, 0.15) is 74.1 Å². The third-order valence-corrected chi connectivity index (χ3v) is 9.57. The Morgan fingerprint density at radius 1 is 0.945 bits per heavy atom. The highest BCUT2D eigenvalue weighted by atomic mass is 32.2. The van der Waals surface area contributed by atoms with E-state index in [9.17, 15) is 23.2 Å². The number of nitrogens with two attached hydrogens (primary N) is 1. The molecule has 0 aliphatic carbocycles. The number of nitrogens with zero attached hydrogens (tertiary/aromatic N) is 2. The predicted molar refractivity (Wildman–Crippen MR) is 208 cm³/mol. The number of furan rings is 1. The van der Waals surface area contributed by atoms with E-state index in [1.165, 1.54) is 29.1 Å². The monoisotopic (exact) mass is 781 g/mol. The van der Waals surface area contributed by atoms with Crippen LogP contribution in [-0.4, -0.2) is 46.6 Å². The summed E-state index contributed by atoms with van der Waals surface area (Å²) in [4.78, 5) is 33.4. The molecule has 55 heavy (non-hydrogen) atoms. The van der Waals surface area contributed by atoms with E-state index in [0.29, 0.717) is 38.1 Å². The number of carboxylic acid groups (broad SMARTS) is 1. The van der Waals surface area contributed by atoms with Gasteiger partial charge in [-0.15, -0.1) is 5.53 Å². The number of thioether (sulfide) groups is 1. The molecule has 1 aliphatic heterocycles. The van der Waals surface area contributed by atoms with Gasteiger partial charge in [0.2, 0.25) is 0 Å². The lowest BCUT2D eigenvalue weighted by molar-refractivity contribution is -0.147. The zero-order valence-corrected chi connectivity index (χ0v) is 31.7. The van der Waals surface area contributed by atoms with Crippen LogP contribution in [0.5, 0.6) is 0 Å². The van der Waals surface area contributed by atoms with Gasteiger partial charge >= 0.3 is 11.9 Å². The summed E-state index contributed by atoms with van der Waals surface area (Å²) in [5, 5.41) is 17.4. The van der Waals surface area contributed by atoms with Gasteiger partial charge in [0.1, 0.15) is 18.4 Å². The quantitative estimate of drug-likeness (QED) is 0.0361. The van der Waals surface area contributed by atoms with Crippen LogP contribution < -0.4 is 37.5 Å². The van der Waals surface area contributed by atoms with Gasteiger partial charge in [-0.3, -0.25) is 19.9 Å². The average Bonchev–Trinajstić information content (AvgIpc) is 3.86. The van der Waals surface area contributed by atoms with E-state index in [1.54, 1.807) is 17.1 Å². The van der Waals surface area contributed by atoms with Crippen molar-refractivity contribution in [3.63, 3.8) is 0 Å². The second-order valence-corrected chi connectivity index (χ2v) is 14.0. The van der Waals surface area contributed by atoms with Crippen LogP contribution in [0.3, 0.4) is 0 Å². The van der Waals surface area contributed by atoms with Crippen LogP contribution in [0.4, 0.5) is 20.2 Å². The summed E-state index contributed by atoms with van der Waals surface area (Å²) in [5.41, 5.74) is 15.6. The van der Waals surface area contributed by atoms with Gasteiger partial charge in [0.25, 0.3) is 5.91 Å². The standard InChI is InChI=1S/C28H34F2N6O2S.C11H15NO4/c1-3-13-28(31,26(37)38-19-32-18-21-10-8-9-20(4-2)14-21)39-27-33-36(25-16-22(29)15-23(30)17-25)34-35(27)24-11-6-5-7-12-24;13-10(14)6-2-1-3-7-12-11(15)9-5-4-8-16-9/h5-12,14-17,27,32-34H,3-4,13,18-19,31H2,1-2H3;4-5,8H,1-3,6-7H2,(H,12,15)(H,13,14). The first kappa shape index (κ1) is 42.7. The number of anilines is 2. The van der Waals surface area contributed by atoms with Gasteiger partial charge in [-0.25, -0.2) is 18.7 Å². The Morgan fingerprint density at radius 3 is 2.36 bits per heavy atom. The van der Waals surface area contributed by atoms with Crippen molar-refractivity contribution in [1.82, 2.24) is 21.6 Å².